The van der Waals surface area contributed by atoms with Gasteiger partial charge in [0.2, 0.25) is 0 Å². The predicted molar refractivity (Wildman–Crippen MR) is 189 cm³/mol. The van der Waals surface area contributed by atoms with Gasteiger partial charge in [0.15, 0.2) is 0 Å². The molecule has 0 aliphatic carbocycles. The smallest absolute Gasteiger partial charge is 0.416 e. The maximum absolute atomic E-state index is 13.0. The second kappa shape index (κ2) is 31.4. The first kappa shape index (κ1) is 46.2. The third-order valence-electron chi connectivity index (χ3n) is 6.69. The van der Waals surface area contributed by atoms with Crippen molar-refractivity contribution in [1.82, 2.24) is 0 Å². The summed E-state index contributed by atoms with van der Waals surface area (Å²) >= 11 is 0. The van der Waals surface area contributed by atoms with Gasteiger partial charge in [-0.3, -0.25) is 0 Å². The van der Waals surface area contributed by atoms with Crippen molar-refractivity contribution in [2.45, 2.75) is 6.18 Å². The third-order valence-corrected chi connectivity index (χ3v) is 6.69. The highest BCUT2D eigenvalue weighted by atomic mass is 19.4. The van der Waals surface area contributed by atoms with Gasteiger partial charge in [0, 0.05) is 12.2 Å². The van der Waals surface area contributed by atoms with E-state index >= 15 is 0 Å². The van der Waals surface area contributed by atoms with Gasteiger partial charge < -0.3 is 63.2 Å². The van der Waals surface area contributed by atoms with Crippen LogP contribution in [0.15, 0.2) is 48.5 Å². The highest BCUT2D eigenvalue weighted by Crippen LogP contribution is 2.32. The van der Waals surface area contributed by atoms with E-state index in [1.807, 2.05) is 0 Å². The zero-order valence-corrected chi connectivity index (χ0v) is 30.3. The van der Waals surface area contributed by atoms with Gasteiger partial charge in [-0.15, -0.1) is 0 Å². The average molecular weight is 765 g/mol. The minimum atomic E-state index is -4.48. The molecule has 302 valence electrons. The number of halogens is 3. The van der Waals surface area contributed by atoms with Crippen LogP contribution in [-0.4, -0.2) is 151 Å². The fourth-order valence-corrected chi connectivity index (χ4v) is 4.13. The van der Waals surface area contributed by atoms with Crippen LogP contribution in [-0.2, 0) is 58.3 Å². The van der Waals surface area contributed by atoms with Crippen LogP contribution in [0, 0.1) is 0 Å². The number of benzene rings is 2. The van der Waals surface area contributed by atoms with E-state index in [1.54, 1.807) is 18.2 Å². The van der Waals surface area contributed by atoms with E-state index < -0.39 is 17.7 Å². The molecule has 2 aromatic carbocycles. The van der Waals surface area contributed by atoms with Gasteiger partial charge in [-0.25, -0.2) is 4.79 Å². The number of esters is 1. The molecule has 0 bridgehead atoms. The summed E-state index contributed by atoms with van der Waals surface area (Å²) in [5.41, 5.74) is 5.23. The zero-order valence-electron chi connectivity index (χ0n) is 30.3. The molecule has 0 fully saturated rings. The fraction of sp³-hybridized carbons (Fsp3) is 0.639. The van der Waals surface area contributed by atoms with E-state index in [-0.39, 0.29) is 24.5 Å². The molecule has 0 heterocycles. The molecule has 0 saturated heterocycles. The second-order valence-corrected chi connectivity index (χ2v) is 10.8. The van der Waals surface area contributed by atoms with E-state index in [1.165, 1.54) is 18.2 Å². The Morgan fingerprint density at radius 1 is 0.509 bits per heavy atom. The Morgan fingerprint density at radius 2 is 0.887 bits per heavy atom. The Hall–Kier alpha value is -2.94. The molecule has 3 N–H and O–H groups in total. The van der Waals surface area contributed by atoms with Crippen LogP contribution in [0.4, 0.5) is 24.5 Å². The number of hydrogen-bond donors (Lipinski definition) is 2. The first-order valence-electron chi connectivity index (χ1n) is 17.6. The molecule has 0 aliphatic heterocycles. The number of carbonyl (C=O) groups excluding carboxylic acids is 1. The standard InChI is InChI=1S/C36H55F3N2O12/c37-36(38,39)31-4-3-5-32(30-31)41-34-7-2-1-6-33(34)35(42)53-29-28-52-27-26-51-25-24-50-23-22-49-21-20-48-19-18-47-17-16-46-15-14-45-13-12-44-11-10-43-9-8-40/h1-7,30,41H,8-29,40H2. The number of nitrogens with two attached hydrogens (primary N) is 1. The third kappa shape index (κ3) is 24.9. The molecule has 0 aromatic heterocycles. The number of anilines is 2. The number of rotatable bonds is 35. The lowest BCUT2D eigenvalue weighted by Crippen LogP contribution is -2.16. The zero-order chi connectivity index (χ0) is 38.1. The molecule has 0 amide bonds. The molecule has 2 rings (SSSR count). The molecular weight excluding hydrogens is 709 g/mol. The van der Waals surface area contributed by atoms with Crippen molar-refractivity contribution in [3.05, 3.63) is 59.7 Å². The number of hydrogen-bond acceptors (Lipinski definition) is 14. The van der Waals surface area contributed by atoms with Gasteiger partial charge in [0.1, 0.15) is 6.61 Å². The molecule has 53 heavy (non-hydrogen) atoms. The number of carbonyl (C=O) groups is 1. The Labute approximate surface area is 309 Å². The van der Waals surface area contributed by atoms with Crippen molar-refractivity contribution in [2.24, 2.45) is 5.73 Å². The van der Waals surface area contributed by atoms with Crippen LogP contribution in [0.5, 0.6) is 0 Å². The normalized spacial score (nSPS) is 11.6. The number of ether oxygens (including phenoxy) is 11. The van der Waals surface area contributed by atoms with E-state index in [9.17, 15) is 18.0 Å². The van der Waals surface area contributed by atoms with Crippen LogP contribution in [0.2, 0.25) is 0 Å². The minimum Gasteiger partial charge on any atom is -0.460 e. The largest absolute Gasteiger partial charge is 0.460 e. The van der Waals surface area contributed by atoms with Crippen molar-refractivity contribution in [3.8, 4) is 0 Å². The lowest BCUT2D eigenvalue weighted by molar-refractivity contribution is -0.137. The summed E-state index contributed by atoms with van der Waals surface area (Å²) in [6.45, 7) is 9.36. The van der Waals surface area contributed by atoms with Crippen molar-refractivity contribution in [3.63, 3.8) is 0 Å². The maximum atomic E-state index is 13.0. The summed E-state index contributed by atoms with van der Waals surface area (Å²) in [5, 5.41) is 2.86. The Kier molecular flexibility index (Phi) is 27.4. The van der Waals surface area contributed by atoms with E-state index in [0.717, 1.165) is 12.1 Å². The van der Waals surface area contributed by atoms with Gasteiger partial charge >= 0.3 is 12.1 Å². The number of nitrogens with one attached hydrogen (secondary N) is 1. The molecule has 2 aromatic rings. The summed E-state index contributed by atoms with van der Waals surface area (Å²) in [5.74, 6) is -0.630. The summed E-state index contributed by atoms with van der Waals surface area (Å²) in [6.07, 6.45) is -4.48. The highest BCUT2D eigenvalue weighted by molar-refractivity contribution is 5.96. The Balaban J connectivity index is 1.30. The van der Waals surface area contributed by atoms with Gasteiger partial charge in [0.05, 0.1) is 149 Å². The number of para-hydroxylation sites is 1. The lowest BCUT2D eigenvalue weighted by Gasteiger charge is -2.13. The van der Waals surface area contributed by atoms with Crippen LogP contribution < -0.4 is 11.1 Å². The molecule has 14 nitrogen and oxygen atoms in total. The lowest BCUT2D eigenvalue weighted by atomic mass is 10.1. The van der Waals surface area contributed by atoms with Crippen LogP contribution >= 0.6 is 0 Å². The minimum absolute atomic E-state index is 0.00271. The predicted octanol–water partition coefficient (Wildman–Crippen LogP) is 3.73. The average Bonchev–Trinajstić information content (AvgIpc) is 3.15. The molecule has 0 unspecified atom stereocenters. The summed E-state index contributed by atoms with van der Waals surface area (Å²) in [7, 11) is 0. The molecule has 17 heteroatoms. The molecule has 0 aliphatic rings. The highest BCUT2D eigenvalue weighted by Gasteiger charge is 2.30. The quantitative estimate of drug-likeness (QED) is 0.0774. The van der Waals surface area contributed by atoms with Gasteiger partial charge in [-0.1, -0.05) is 18.2 Å². The van der Waals surface area contributed by atoms with E-state index in [2.05, 4.69) is 5.32 Å². The van der Waals surface area contributed by atoms with Gasteiger partial charge in [0.25, 0.3) is 0 Å². The van der Waals surface area contributed by atoms with E-state index in [0.29, 0.717) is 138 Å². The van der Waals surface area contributed by atoms with Crippen molar-refractivity contribution < 1.29 is 70.1 Å². The van der Waals surface area contributed by atoms with Crippen molar-refractivity contribution in [2.75, 3.05) is 151 Å². The maximum Gasteiger partial charge on any atom is 0.416 e. The SMILES string of the molecule is NCCOCCOCCOCCOCCOCCOCCOCCOCCOCCOCCOC(=O)c1ccccc1Nc1cccc(C(F)(F)F)c1. The van der Waals surface area contributed by atoms with Gasteiger partial charge in [-0.05, 0) is 30.3 Å². The summed E-state index contributed by atoms with van der Waals surface area (Å²) in [4.78, 5) is 12.6. The molecule has 0 atom stereocenters. The van der Waals surface area contributed by atoms with E-state index in [4.69, 9.17) is 57.8 Å². The summed E-state index contributed by atoms with van der Waals surface area (Å²) in [6, 6.07) is 11.1. The fourth-order valence-electron chi connectivity index (χ4n) is 4.13. The van der Waals surface area contributed by atoms with Crippen LogP contribution in [0.3, 0.4) is 0 Å². The molecule has 0 saturated carbocycles. The topological polar surface area (TPSA) is 157 Å². The van der Waals surface area contributed by atoms with Gasteiger partial charge in [-0.2, -0.15) is 13.2 Å². The Bertz CT molecular complexity index is 1180. The summed E-state index contributed by atoms with van der Waals surface area (Å²) < 4.78 is 98.5. The molecular formula is C36H55F3N2O12. The Morgan fingerprint density at radius 3 is 1.28 bits per heavy atom. The molecule has 0 radical (unpaired) electrons. The van der Waals surface area contributed by atoms with Crippen molar-refractivity contribution >= 4 is 17.3 Å². The first-order chi connectivity index (χ1) is 25.9. The van der Waals surface area contributed by atoms with Crippen molar-refractivity contribution in [1.29, 1.82) is 0 Å². The molecule has 0 spiro atoms. The number of alkyl halides is 3. The van der Waals surface area contributed by atoms with Crippen LogP contribution in [0.1, 0.15) is 15.9 Å². The monoisotopic (exact) mass is 764 g/mol. The second-order valence-electron chi connectivity index (χ2n) is 10.8. The van der Waals surface area contributed by atoms with Crippen LogP contribution in [0.25, 0.3) is 0 Å². The first-order valence-corrected chi connectivity index (χ1v) is 17.6.